The van der Waals surface area contributed by atoms with Crippen molar-refractivity contribution in [3.63, 3.8) is 0 Å². The summed E-state index contributed by atoms with van der Waals surface area (Å²) in [7, 11) is -3.93. The first-order valence-electron chi connectivity index (χ1n) is 13.5. The summed E-state index contributed by atoms with van der Waals surface area (Å²) in [6.45, 7) is 5.17. The molecular formula is C28H38O9S. The van der Waals surface area contributed by atoms with E-state index in [9.17, 15) is 27.6 Å². The summed E-state index contributed by atoms with van der Waals surface area (Å²) in [4.78, 5) is 52.5. The van der Waals surface area contributed by atoms with Crippen molar-refractivity contribution >= 4 is 33.6 Å². The van der Waals surface area contributed by atoms with Crippen LogP contribution in [0.5, 0.6) is 0 Å². The molecule has 6 atom stereocenters. The number of fused-ring (bicyclic) bond motifs is 5. The maximum absolute atomic E-state index is 13.9. The van der Waals surface area contributed by atoms with Gasteiger partial charge in [0.05, 0.1) is 12.9 Å². The van der Waals surface area contributed by atoms with Gasteiger partial charge in [-0.2, -0.15) is 8.42 Å². The first-order valence-corrected chi connectivity index (χ1v) is 15.3. The van der Waals surface area contributed by atoms with Gasteiger partial charge in [-0.15, -0.1) is 0 Å². The maximum atomic E-state index is 13.9. The molecule has 4 rings (SSSR count). The number of hydrogen-bond donors (Lipinski definition) is 0. The molecule has 10 heteroatoms. The van der Waals surface area contributed by atoms with Gasteiger partial charge in [-0.25, -0.2) is 4.79 Å². The van der Waals surface area contributed by atoms with E-state index in [1.807, 2.05) is 19.9 Å². The molecule has 0 aromatic rings. The lowest BCUT2D eigenvalue weighted by Gasteiger charge is -2.57. The van der Waals surface area contributed by atoms with E-state index < -0.39 is 45.1 Å². The number of rotatable bonds is 9. The molecule has 3 fully saturated rings. The van der Waals surface area contributed by atoms with E-state index in [0.717, 1.165) is 24.7 Å². The Hall–Kier alpha value is -2.33. The van der Waals surface area contributed by atoms with Crippen LogP contribution in [0.4, 0.5) is 4.79 Å². The highest BCUT2D eigenvalue weighted by molar-refractivity contribution is 7.86. The molecule has 0 aromatic heterocycles. The average molecular weight is 551 g/mol. The van der Waals surface area contributed by atoms with Crippen molar-refractivity contribution in [1.29, 1.82) is 0 Å². The third-order valence-corrected chi connectivity index (χ3v) is 10.0. The Morgan fingerprint density at radius 1 is 1.13 bits per heavy atom. The van der Waals surface area contributed by atoms with Crippen LogP contribution in [0.3, 0.4) is 0 Å². The summed E-state index contributed by atoms with van der Waals surface area (Å²) in [5.74, 6) is -1.39. The van der Waals surface area contributed by atoms with Crippen molar-refractivity contribution in [1.82, 2.24) is 0 Å². The molecule has 0 saturated heterocycles. The average Bonchev–Trinajstić information content (AvgIpc) is 3.12. The lowest BCUT2D eigenvalue weighted by Crippen LogP contribution is -2.62. The summed E-state index contributed by atoms with van der Waals surface area (Å²) in [5, 5.41) is 0. The molecule has 0 N–H and O–H groups in total. The summed E-state index contributed by atoms with van der Waals surface area (Å²) in [6, 6.07) is 0. The number of allylic oxidation sites excluding steroid dienone is 4. The Labute approximate surface area is 224 Å². The van der Waals surface area contributed by atoms with Crippen LogP contribution in [-0.4, -0.2) is 57.0 Å². The fraction of sp³-hybridized carbons (Fsp3) is 0.714. The van der Waals surface area contributed by atoms with E-state index >= 15 is 0 Å². The zero-order valence-corrected chi connectivity index (χ0v) is 23.4. The smallest absolute Gasteiger partial charge is 0.434 e. The SMILES string of the molecule is CCCCCOC(=O)O[C@]1(C(=O)COS(C)(=O)=O)CC[C@H]2[C@@H]3CCC4=CC(=O)C=C[C@]4(C)[C@H]3C(=O)C[C@@]21C. The summed E-state index contributed by atoms with van der Waals surface area (Å²) < 4.78 is 39.3. The molecular weight excluding hydrogens is 512 g/mol. The van der Waals surface area contributed by atoms with Crippen LogP contribution in [0.15, 0.2) is 23.8 Å². The minimum atomic E-state index is -3.93. The third-order valence-electron chi connectivity index (χ3n) is 9.46. The molecule has 0 amide bonds. The standard InChI is InChI=1S/C28H38O9S/c1-5-6-7-14-35-25(32)37-28(23(31)17-36-38(4,33)34)13-11-21-20-9-8-18-15-19(29)10-12-26(18,2)24(20)22(30)16-27(21,28)3/h10,12,15,20-21,24H,5-9,11,13-14,16-17H2,1-4H3/t20-,21-,24+,26-,27-,28-/m0/s1. The number of ether oxygens (including phenoxy) is 2. The molecule has 0 bridgehead atoms. The predicted molar refractivity (Wildman–Crippen MR) is 137 cm³/mol. The normalized spacial score (nSPS) is 36.1. The molecule has 0 spiro atoms. The highest BCUT2D eigenvalue weighted by Crippen LogP contribution is 2.67. The predicted octanol–water partition coefficient (Wildman–Crippen LogP) is 4.10. The van der Waals surface area contributed by atoms with Gasteiger partial charge in [0.15, 0.2) is 11.4 Å². The van der Waals surface area contributed by atoms with Gasteiger partial charge in [-0.1, -0.05) is 45.3 Å². The number of Topliss-reactive ketones (excluding diaryl/α,β-unsaturated/α-hetero) is 2. The van der Waals surface area contributed by atoms with Gasteiger partial charge in [0.2, 0.25) is 5.78 Å². The lowest BCUT2D eigenvalue weighted by atomic mass is 9.46. The van der Waals surface area contributed by atoms with E-state index in [4.69, 9.17) is 13.7 Å². The molecule has 210 valence electrons. The van der Waals surface area contributed by atoms with Crippen LogP contribution in [0.2, 0.25) is 0 Å². The largest absolute Gasteiger partial charge is 0.509 e. The van der Waals surface area contributed by atoms with Crippen LogP contribution in [0, 0.1) is 28.6 Å². The highest BCUT2D eigenvalue weighted by Gasteiger charge is 2.70. The van der Waals surface area contributed by atoms with Gasteiger partial charge < -0.3 is 9.47 Å². The molecule has 0 radical (unpaired) electrons. The van der Waals surface area contributed by atoms with Crippen molar-refractivity contribution in [2.75, 3.05) is 19.5 Å². The minimum Gasteiger partial charge on any atom is -0.434 e. The van der Waals surface area contributed by atoms with Crippen molar-refractivity contribution in [3.8, 4) is 0 Å². The quantitative estimate of drug-likeness (QED) is 0.237. The molecule has 0 unspecified atom stereocenters. The van der Waals surface area contributed by atoms with Crippen LogP contribution >= 0.6 is 0 Å². The van der Waals surface area contributed by atoms with Gasteiger partial charge in [-0.05, 0) is 56.1 Å². The number of carbonyl (C=O) groups is 4. The van der Waals surface area contributed by atoms with E-state index in [1.54, 1.807) is 13.0 Å². The Kier molecular flexibility index (Phi) is 7.80. The van der Waals surface area contributed by atoms with Gasteiger partial charge >= 0.3 is 6.16 Å². The monoisotopic (exact) mass is 550 g/mol. The van der Waals surface area contributed by atoms with Crippen molar-refractivity contribution < 1.29 is 41.3 Å². The second-order valence-corrected chi connectivity index (χ2v) is 13.3. The molecule has 4 aliphatic rings. The molecule has 4 aliphatic carbocycles. The fourth-order valence-corrected chi connectivity index (χ4v) is 7.98. The van der Waals surface area contributed by atoms with E-state index in [0.29, 0.717) is 25.7 Å². The van der Waals surface area contributed by atoms with Gasteiger partial charge in [-0.3, -0.25) is 18.6 Å². The Morgan fingerprint density at radius 2 is 1.87 bits per heavy atom. The fourth-order valence-electron chi connectivity index (χ4n) is 7.66. The zero-order valence-electron chi connectivity index (χ0n) is 22.6. The second kappa shape index (κ2) is 10.3. The number of ketones is 3. The van der Waals surface area contributed by atoms with Gasteiger partial charge in [0, 0.05) is 23.2 Å². The lowest BCUT2D eigenvalue weighted by molar-refractivity contribution is -0.172. The number of carbonyl (C=O) groups excluding carboxylic acids is 4. The van der Waals surface area contributed by atoms with E-state index in [1.165, 1.54) is 6.08 Å². The van der Waals surface area contributed by atoms with Gasteiger partial charge in [0.25, 0.3) is 10.1 Å². The number of unbranched alkanes of at least 4 members (excludes halogenated alkanes) is 2. The summed E-state index contributed by atoms with van der Waals surface area (Å²) in [5.41, 5.74) is -2.43. The number of hydrogen-bond acceptors (Lipinski definition) is 9. The van der Waals surface area contributed by atoms with Crippen molar-refractivity contribution in [2.24, 2.45) is 28.6 Å². The molecule has 0 heterocycles. The Morgan fingerprint density at radius 3 is 2.55 bits per heavy atom. The maximum Gasteiger partial charge on any atom is 0.509 e. The Bertz CT molecular complexity index is 1180. The van der Waals surface area contributed by atoms with Crippen molar-refractivity contribution in [2.45, 2.75) is 77.7 Å². The van der Waals surface area contributed by atoms with E-state index in [2.05, 4.69) is 0 Å². The van der Waals surface area contributed by atoms with Crippen LogP contribution < -0.4 is 0 Å². The Balaban J connectivity index is 1.67. The molecule has 0 aliphatic heterocycles. The summed E-state index contributed by atoms with van der Waals surface area (Å²) >= 11 is 0. The van der Waals surface area contributed by atoms with Crippen LogP contribution in [0.25, 0.3) is 0 Å². The minimum absolute atomic E-state index is 0.0166. The first kappa shape index (κ1) is 28.7. The topological polar surface area (TPSA) is 130 Å². The van der Waals surface area contributed by atoms with Crippen LogP contribution in [0.1, 0.15) is 72.1 Å². The third kappa shape index (κ3) is 4.90. The molecule has 38 heavy (non-hydrogen) atoms. The second-order valence-electron chi connectivity index (χ2n) is 11.7. The van der Waals surface area contributed by atoms with E-state index in [-0.39, 0.29) is 48.8 Å². The van der Waals surface area contributed by atoms with Gasteiger partial charge in [0.1, 0.15) is 12.4 Å². The molecule has 9 nitrogen and oxygen atoms in total. The van der Waals surface area contributed by atoms with Crippen molar-refractivity contribution in [3.05, 3.63) is 23.8 Å². The first-order chi connectivity index (χ1) is 17.8. The molecule has 3 saturated carbocycles. The van der Waals surface area contributed by atoms with Crippen LogP contribution in [-0.2, 0) is 38.2 Å². The highest BCUT2D eigenvalue weighted by atomic mass is 32.2. The zero-order chi connectivity index (χ0) is 27.9. The molecule has 0 aromatic carbocycles. The summed E-state index contributed by atoms with van der Waals surface area (Å²) in [6.07, 6.45) is 9.30.